The van der Waals surface area contributed by atoms with Gasteiger partial charge in [0.05, 0.1) is 17.0 Å². The van der Waals surface area contributed by atoms with Crippen LogP contribution in [-0.2, 0) is 21.2 Å². The third-order valence-corrected chi connectivity index (χ3v) is 9.21. The van der Waals surface area contributed by atoms with Gasteiger partial charge in [-0.05, 0) is 67.5 Å². The number of amides is 3. The number of nitrogens with zero attached hydrogens (tertiary/aromatic N) is 3. The average Bonchev–Trinajstić information content (AvgIpc) is 3.00. The van der Waals surface area contributed by atoms with E-state index in [1.165, 1.54) is 44.4 Å². The third kappa shape index (κ3) is 12.2. The number of carbonyl (C=O) groups is 3. The van der Waals surface area contributed by atoms with Gasteiger partial charge in [0.1, 0.15) is 5.75 Å². The van der Waals surface area contributed by atoms with Gasteiger partial charge in [-0.3, -0.25) is 19.8 Å². The van der Waals surface area contributed by atoms with Crippen molar-refractivity contribution in [1.82, 2.24) is 25.0 Å². The van der Waals surface area contributed by atoms with Crippen LogP contribution >= 0.6 is 0 Å². The number of phenols is 1. The van der Waals surface area contributed by atoms with E-state index in [9.17, 15) is 33.0 Å². The summed E-state index contributed by atoms with van der Waals surface area (Å²) in [4.78, 5) is 41.4. The summed E-state index contributed by atoms with van der Waals surface area (Å²) >= 11 is 0. The van der Waals surface area contributed by atoms with E-state index in [4.69, 9.17) is 0 Å². The van der Waals surface area contributed by atoms with E-state index >= 15 is 0 Å². The molecule has 0 aliphatic rings. The minimum atomic E-state index is -4.02. The molecule has 12 nitrogen and oxygen atoms in total. The van der Waals surface area contributed by atoms with Crippen LogP contribution < -0.4 is 10.7 Å². The third-order valence-electron chi connectivity index (χ3n) is 7.42. The summed E-state index contributed by atoms with van der Waals surface area (Å²) in [5.74, 6) is -1.04. The molecule has 0 aliphatic carbocycles. The van der Waals surface area contributed by atoms with Crippen LogP contribution in [0.25, 0.3) is 0 Å². The lowest BCUT2D eigenvalue weighted by molar-refractivity contribution is -0.127. The lowest BCUT2D eigenvalue weighted by atomic mass is 9.99. The number of hydrazine groups is 1. The summed E-state index contributed by atoms with van der Waals surface area (Å²) in [6, 6.07) is 9.36. The van der Waals surface area contributed by atoms with Crippen LogP contribution in [0.15, 0.2) is 47.4 Å². The molecule has 2 rings (SSSR count). The second kappa shape index (κ2) is 18.7. The summed E-state index contributed by atoms with van der Waals surface area (Å²) in [6.45, 7) is 11.1. The first-order valence-electron chi connectivity index (χ1n) is 16.3. The van der Waals surface area contributed by atoms with E-state index in [1.807, 2.05) is 34.6 Å². The summed E-state index contributed by atoms with van der Waals surface area (Å²) in [5, 5.41) is 25.7. The van der Waals surface area contributed by atoms with Gasteiger partial charge in [0.15, 0.2) is 0 Å². The molecule has 0 bridgehead atoms. The zero-order chi connectivity index (χ0) is 35.3. The van der Waals surface area contributed by atoms with Gasteiger partial charge in [-0.15, -0.1) is 0 Å². The van der Waals surface area contributed by atoms with Crippen molar-refractivity contribution in [3.05, 3.63) is 59.2 Å². The van der Waals surface area contributed by atoms with E-state index in [0.717, 1.165) is 4.31 Å². The molecule has 3 amide bonds. The number of benzene rings is 2. The van der Waals surface area contributed by atoms with Crippen molar-refractivity contribution in [2.24, 2.45) is 5.92 Å². The maximum Gasteiger partial charge on any atom is 0.253 e. The second-order valence-electron chi connectivity index (χ2n) is 12.4. The van der Waals surface area contributed by atoms with Gasteiger partial charge in [-0.2, -0.15) is 0 Å². The monoisotopic (exact) mass is 675 g/mol. The van der Waals surface area contributed by atoms with Crippen molar-refractivity contribution in [2.75, 3.05) is 40.3 Å². The minimum absolute atomic E-state index is 0.00247. The molecule has 0 saturated carbocycles. The Balaban J connectivity index is 2.53. The highest BCUT2D eigenvalue weighted by Gasteiger charge is 2.28. The van der Waals surface area contributed by atoms with Crippen molar-refractivity contribution < 1.29 is 33.0 Å². The highest BCUT2D eigenvalue weighted by atomic mass is 32.2. The molecule has 2 unspecified atom stereocenters. The first-order valence-corrected chi connectivity index (χ1v) is 17.7. The molecular formula is C34H53N5O7S. The molecule has 0 aromatic heterocycles. The summed E-state index contributed by atoms with van der Waals surface area (Å²) in [6.07, 6.45) is 1.41. The van der Waals surface area contributed by atoms with E-state index in [0.29, 0.717) is 50.9 Å². The van der Waals surface area contributed by atoms with E-state index in [1.54, 1.807) is 22.0 Å². The molecule has 0 aliphatic heterocycles. The van der Waals surface area contributed by atoms with Gasteiger partial charge in [0.2, 0.25) is 15.9 Å². The van der Waals surface area contributed by atoms with Gasteiger partial charge < -0.3 is 20.4 Å². The predicted molar refractivity (Wildman–Crippen MR) is 182 cm³/mol. The Morgan fingerprint density at radius 2 is 1.45 bits per heavy atom. The fourth-order valence-electron chi connectivity index (χ4n) is 5.08. The zero-order valence-corrected chi connectivity index (χ0v) is 29.6. The van der Waals surface area contributed by atoms with Gasteiger partial charge >= 0.3 is 0 Å². The van der Waals surface area contributed by atoms with Crippen LogP contribution in [-0.4, -0.2) is 103 Å². The Morgan fingerprint density at radius 1 is 0.872 bits per heavy atom. The number of nitrogens with one attached hydrogen (secondary N) is 2. The van der Waals surface area contributed by atoms with Crippen LogP contribution in [0.2, 0.25) is 0 Å². The summed E-state index contributed by atoms with van der Waals surface area (Å²) in [5.41, 5.74) is 3.58. The SMILES string of the molecule is CCCN(CC(O)C(Cc1ccc(O)cc1)NC(=O)c1cc(C(=O)N(CCC)CCC)cc(S(=O)(=O)N(C)C)c1)NC(=O)CC(C)C. The molecule has 0 spiro atoms. The number of hydrogen-bond acceptors (Lipinski definition) is 8. The van der Waals surface area contributed by atoms with E-state index in [-0.39, 0.29) is 52.5 Å². The smallest absolute Gasteiger partial charge is 0.253 e. The largest absolute Gasteiger partial charge is 0.508 e. The highest BCUT2D eigenvalue weighted by Crippen LogP contribution is 2.21. The summed E-state index contributed by atoms with van der Waals surface area (Å²) < 4.78 is 27.4. The number of aromatic hydroxyl groups is 1. The van der Waals surface area contributed by atoms with Crippen molar-refractivity contribution in [3.63, 3.8) is 0 Å². The Hall–Kier alpha value is -3.52. The zero-order valence-electron chi connectivity index (χ0n) is 28.8. The maximum absolute atomic E-state index is 13.9. The Bertz CT molecular complexity index is 1420. The number of hydrogen-bond donors (Lipinski definition) is 4. The topological polar surface area (TPSA) is 160 Å². The average molecular weight is 676 g/mol. The lowest BCUT2D eigenvalue weighted by Crippen LogP contribution is -2.53. The molecule has 262 valence electrons. The first-order chi connectivity index (χ1) is 22.1. The fourth-order valence-corrected chi connectivity index (χ4v) is 6.05. The van der Waals surface area contributed by atoms with Gasteiger partial charge in [0, 0.05) is 57.8 Å². The van der Waals surface area contributed by atoms with Crippen LogP contribution in [0.3, 0.4) is 0 Å². The van der Waals surface area contributed by atoms with Crippen LogP contribution in [0, 0.1) is 5.92 Å². The Labute approximate surface area is 280 Å². The number of aliphatic hydroxyl groups is 1. The quantitative estimate of drug-likeness (QED) is 0.165. The number of rotatable bonds is 19. The molecule has 0 fully saturated rings. The molecule has 2 atom stereocenters. The lowest BCUT2D eigenvalue weighted by Gasteiger charge is -2.30. The Morgan fingerprint density at radius 3 is 1.98 bits per heavy atom. The van der Waals surface area contributed by atoms with Crippen molar-refractivity contribution in [3.8, 4) is 5.75 Å². The summed E-state index contributed by atoms with van der Waals surface area (Å²) in [7, 11) is -1.27. The Kier molecular flexibility index (Phi) is 15.8. The molecule has 2 aromatic rings. The molecule has 0 heterocycles. The van der Waals surface area contributed by atoms with Crippen molar-refractivity contribution >= 4 is 27.7 Å². The highest BCUT2D eigenvalue weighted by molar-refractivity contribution is 7.89. The van der Waals surface area contributed by atoms with Gasteiger partial charge in [-0.1, -0.05) is 46.8 Å². The molecule has 13 heteroatoms. The minimum Gasteiger partial charge on any atom is -0.508 e. The molecule has 0 saturated heterocycles. The van der Waals surface area contributed by atoms with Gasteiger partial charge in [-0.25, -0.2) is 17.7 Å². The normalized spacial score (nSPS) is 13.1. The van der Waals surface area contributed by atoms with Crippen molar-refractivity contribution in [2.45, 2.75) is 83.8 Å². The van der Waals surface area contributed by atoms with Crippen molar-refractivity contribution in [1.29, 1.82) is 0 Å². The molecule has 4 N–H and O–H groups in total. The predicted octanol–water partition coefficient (Wildman–Crippen LogP) is 3.40. The first kappa shape index (κ1) is 39.7. The van der Waals surface area contributed by atoms with Crippen LogP contribution in [0.5, 0.6) is 5.75 Å². The second-order valence-corrected chi connectivity index (χ2v) is 14.6. The molecule has 2 aromatic carbocycles. The van der Waals surface area contributed by atoms with Gasteiger partial charge in [0.25, 0.3) is 11.8 Å². The van der Waals surface area contributed by atoms with Crippen LogP contribution in [0.4, 0.5) is 0 Å². The fraction of sp³-hybridized carbons (Fsp3) is 0.559. The molecular weight excluding hydrogens is 622 g/mol. The number of phenolic OH excluding ortho intramolecular Hbond substituents is 1. The van der Waals surface area contributed by atoms with E-state index in [2.05, 4.69) is 10.7 Å². The molecule has 47 heavy (non-hydrogen) atoms. The number of carbonyl (C=O) groups excluding carboxylic acids is 3. The molecule has 0 radical (unpaired) electrons. The van der Waals surface area contributed by atoms with E-state index < -0.39 is 28.1 Å². The standard InChI is InChI=1S/C34H53N5O7S/c1-8-15-38(16-9-2)34(44)27-20-26(21-29(22-27)47(45,46)37(6)7)33(43)35-30(19-25-11-13-28(40)14-12-25)31(41)23-39(17-10-3)36-32(42)18-24(4)5/h11-14,20-22,24,30-31,40-41H,8-10,15-19,23H2,1-7H3,(H,35,43)(H,36,42). The maximum atomic E-state index is 13.9. The number of sulfonamides is 1. The van der Waals surface area contributed by atoms with Crippen LogP contribution in [0.1, 0.15) is 86.6 Å². The number of aliphatic hydroxyl groups excluding tert-OH is 1.